The van der Waals surface area contributed by atoms with E-state index in [-0.39, 0.29) is 0 Å². The summed E-state index contributed by atoms with van der Waals surface area (Å²) in [7, 11) is 0. The summed E-state index contributed by atoms with van der Waals surface area (Å²) >= 11 is 0. The molecule has 2 aliphatic rings. The zero-order valence-electron chi connectivity index (χ0n) is 16.2. The fourth-order valence-electron chi connectivity index (χ4n) is 3.88. The quantitative estimate of drug-likeness (QED) is 0.782. The van der Waals surface area contributed by atoms with Crippen molar-refractivity contribution < 1.29 is 4.74 Å². The molecule has 6 heteroatoms. The molecule has 0 unspecified atom stereocenters. The van der Waals surface area contributed by atoms with Crippen molar-refractivity contribution in [1.29, 1.82) is 0 Å². The lowest BCUT2D eigenvalue weighted by molar-refractivity contribution is 0.249. The molecule has 27 heavy (non-hydrogen) atoms. The summed E-state index contributed by atoms with van der Waals surface area (Å²) in [5, 5.41) is 0. The minimum Gasteiger partial charge on any atom is -0.494 e. The normalized spacial score (nSPS) is 18.1. The van der Waals surface area contributed by atoms with E-state index in [0.29, 0.717) is 6.61 Å². The minimum atomic E-state index is 0.712. The van der Waals surface area contributed by atoms with Gasteiger partial charge in [0.1, 0.15) is 23.7 Å². The van der Waals surface area contributed by atoms with Crippen molar-refractivity contribution in [3.63, 3.8) is 0 Å². The Morgan fingerprint density at radius 3 is 2.11 bits per heavy atom. The fourth-order valence-corrected chi connectivity index (χ4v) is 3.88. The van der Waals surface area contributed by atoms with Gasteiger partial charge in [-0.3, -0.25) is 4.90 Å². The summed E-state index contributed by atoms with van der Waals surface area (Å²) in [6, 6.07) is 10.6. The molecule has 2 aliphatic heterocycles. The fraction of sp³-hybridized carbons (Fsp3) is 0.524. The largest absolute Gasteiger partial charge is 0.494 e. The molecular weight excluding hydrogens is 338 g/mol. The molecule has 1 aromatic heterocycles. The van der Waals surface area contributed by atoms with Gasteiger partial charge in [-0.15, -0.1) is 0 Å². The molecule has 0 bridgehead atoms. The van der Waals surface area contributed by atoms with Crippen LogP contribution in [-0.4, -0.2) is 60.7 Å². The van der Waals surface area contributed by atoms with E-state index in [1.807, 2.05) is 6.92 Å². The van der Waals surface area contributed by atoms with Gasteiger partial charge in [0, 0.05) is 51.9 Å². The molecule has 0 saturated carbocycles. The lowest BCUT2D eigenvalue weighted by atomic mass is 10.2. The van der Waals surface area contributed by atoms with E-state index in [4.69, 9.17) is 4.74 Å². The summed E-state index contributed by atoms with van der Waals surface area (Å²) in [6.45, 7) is 10.1. The van der Waals surface area contributed by atoms with E-state index in [2.05, 4.69) is 55.0 Å². The monoisotopic (exact) mass is 367 g/mol. The second-order valence-corrected chi connectivity index (χ2v) is 7.27. The maximum atomic E-state index is 5.52. The van der Waals surface area contributed by atoms with Crippen molar-refractivity contribution >= 4 is 11.6 Å². The average Bonchev–Trinajstić information content (AvgIpc) is 3.25. The zero-order chi connectivity index (χ0) is 18.5. The summed E-state index contributed by atoms with van der Waals surface area (Å²) < 4.78 is 5.52. The van der Waals surface area contributed by atoms with Gasteiger partial charge in [0.2, 0.25) is 0 Å². The second-order valence-electron chi connectivity index (χ2n) is 7.27. The molecule has 2 saturated heterocycles. The highest BCUT2D eigenvalue weighted by molar-refractivity contribution is 5.50. The van der Waals surface area contributed by atoms with Gasteiger partial charge < -0.3 is 14.5 Å². The van der Waals surface area contributed by atoms with Crippen LogP contribution in [0.3, 0.4) is 0 Å². The summed E-state index contributed by atoms with van der Waals surface area (Å²) in [5.74, 6) is 3.09. The van der Waals surface area contributed by atoms with Gasteiger partial charge in [-0.25, -0.2) is 9.97 Å². The van der Waals surface area contributed by atoms with Gasteiger partial charge in [0.15, 0.2) is 0 Å². The Hall–Kier alpha value is -2.34. The topological polar surface area (TPSA) is 44.7 Å². The van der Waals surface area contributed by atoms with Crippen LogP contribution in [0.15, 0.2) is 36.7 Å². The first-order chi connectivity index (χ1) is 13.3. The van der Waals surface area contributed by atoms with E-state index in [1.165, 1.54) is 18.4 Å². The Labute approximate surface area is 161 Å². The van der Waals surface area contributed by atoms with Gasteiger partial charge in [-0.05, 0) is 37.5 Å². The van der Waals surface area contributed by atoms with E-state index in [1.54, 1.807) is 6.33 Å². The van der Waals surface area contributed by atoms with E-state index < -0.39 is 0 Å². The molecule has 2 fully saturated rings. The molecule has 4 rings (SSSR count). The van der Waals surface area contributed by atoms with Crippen molar-refractivity contribution in [3.8, 4) is 5.75 Å². The van der Waals surface area contributed by atoms with Crippen LogP contribution in [0, 0.1) is 0 Å². The highest BCUT2D eigenvalue weighted by Gasteiger charge is 2.20. The van der Waals surface area contributed by atoms with Crippen LogP contribution < -0.4 is 14.5 Å². The molecule has 0 spiro atoms. The van der Waals surface area contributed by atoms with Crippen molar-refractivity contribution in [1.82, 2.24) is 14.9 Å². The SMILES string of the molecule is CCOc1ccc(CN2CCN(c3cc(N4CCCC4)ncn3)CC2)cc1. The summed E-state index contributed by atoms with van der Waals surface area (Å²) in [5.41, 5.74) is 1.34. The first kappa shape index (κ1) is 18.0. The predicted molar refractivity (Wildman–Crippen MR) is 109 cm³/mol. The third-order valence-corrected chi connectivity index (χ3v) is 5.41. The van der Waals surface area contributed by atoms with Crippen molar-refractivity contribution in [2.45, 2.75) is 26.3 Å². The summed E-state index contributed by atoms with van der Waals surface area (Å²) in [6.07, 6.45) is 4.25. The van der Waals surface area contributed by atoms with Gasteiger partial charge in [-0.1, -0.05) is 12.1 Å². The van der Waals surface area contributed by atoms with Crippen LogP contribution in [0.4, 0.5) is 11.6 Å². The number of ether oxygens (including phenoxy) is 1. The van der Waals surface area contributed by atoms with E-state index in [9.17, 15) is 0 Å². The Kier molecular flexibility index (Phi) is 5.72. The number of anilines is 2. The van der Waals surface area contributed by atoms with Gasteiger partial charge in [0.25, 0.3) is 0 Å². The first-order valence-corrected chi connectivity index (χ1v) is 10.1. The molecule has 0 atom stereocenters. The van der Waals surface area contributed by atoms with Crippen LogP contribution in [0.1, 0.15) is 25.3 Å². The van der Waals surface area contributed by atoms with Crippen LogP contribution in [-0.2, 0) is 6.54 Å². The van der Waals surface area contributed by atoms with Crippen molar-refractivity contribution in [2.75, 3.05) is 55.7 Å². The average molecular weight is 367 g/mol. The zero-order valence-corrected chi connectivity index (χ0v) is 16.2. The van der Waals surface area contributed by atoms with Crippen LogP contribution in [0.2, 0.25) is 0 Å². The molecule has 2 aromatic rings. The smallest absolute Gasteiger partial charge is 0.134 e. The van der Waals surface area contributed by atoms with Crippen molar-refractivity contribution in [3.05, 3.63) is 42.2 Å². The van der Waals surface area contributed by atoms with Crippen LogP contribution in [0.5, 0.6) is 5.75 Å². The number of aromatic nitrogens is 2. The molecule has 1 aromatic carbocycles. The Morgan fingerprint density at radius 2 is 1.48 bits per heavy atom. The molecule has 6 nitrogen and oxygen atoms in total. The van der Waals surface area contributed by atoms with Gasteiger partial charge in [0.05, 0.1) is 6.61 Å². The predicted octanol–water partition coefficient (Wildman–Crippen LogP) is 2.80. The molecular formula is C21H29N5O. The van der Waals surface area contributed by atoms with E-state index >= 15 is 0 Å². The summed E-state index contributed by atoms with van der Waals surface area (Å²) in [4.78, 5) is 16.3. The first-order valence-electron chi connectivity index (χ1n) is 10.1. The minimum absolute atomic E-state index is 0.712. The van der Waals surface area contributed by atoms with Crippen molar-refractivity contribution in [2.24, 2.45) is 0 Å². The molecule has 0 aliphatic carbocycles. The second kappa shape index (κ2) is 8.57. The number of hydrogen-bond donors (Lipinski definition) is 0. The highest BCUT2D eigenvalue weighted by atomic mass is 16.5. The highest BCUT2D eigenvalue weighted by Crippen LogP contribution is 2.22. The lowest BCUT2D eigenvalue weighted by Gasteiger charge is -2.35. The Bertz CT molecular complexity index is 722. The molecule has 0 N–H and O–H groups in total. The number of rotatable bonds is 6. The number of benzene rings is 1. The Balaban J connectivity index is 1.31. The number of nitrogens with zero attached hydrogens (tertiary/aromatic N) is 5. The third-order valence-electron chi connectivity index (χ3n) is 5.41. The Morgan fingerprint density at radius 1 is 0.852 bits per heavy atom. The van der Waals surface area contributed by atoms with Gasteiger partial charge in [-0.2, -0.15) is 0 Å². The molecule has 3 heterocycles. The molecule has 0 radical (unpaired) electrons. The maximum absolute atomic E-state index is 5.52. The maximum Gasteiger partial charge on any atom is 0.134 e. The molecule has 0 amide bonds. The van der Waals surface area contributed by atoms with Gasteiger partial charge >= 0.3 is 0 Å². The molecule has 144 valence electrons. The van der Waals surface area contributed by atoms with Crippen LogP contribution in [0.25, 0.3) is 0 Å². The standard InChI is InChI=1S/C21H29N5O/c1-2-27-19-7-5-18(6-8-19)16-24-11-13-26(14-12-24)21-15-20(22-17-23-21)25-9-3-4-10-25/h5-8,15,17H,2-4,9-14,16H2,1H3. The number of piperazine rings is 1. The third kappa shape index (κ3) is 4.50. The van der Waals surface area contributed by atoms with E-state index in [0.717, 1.165) is 63.2 Å². The number of hydrogen-bond acceptors (Lipinski definition) is 6. The lowest BCUT2D eigenvalue weighted by Crippen LogP contribution is -2.46. The van der Waals surface area contributed by atoms with Crippen LogP contribution >= 0.6 is 0 Å².